The molecule has 1 aliphatic carbocycles. The van der Waals surface area contributed by atoms with E-state index in [-0.39, 0.29) is 0 Å². The normalized spacial score (nSPS) is 14.9. The maximum absolute atomic E-state index is 9.75. The van der Waals surface area contributed by atoms with Gasteiger partial charge in [0.2, 0.25) is 6.41 Å². The highest BCUT2D eigenvalue weighted by atomic mass is 16.3. The largest absolute Gasteiger partial charge is 0.467 e. The molecule has 1 aromatic rings. The predicted molar refractivity (Wildman–Crippen MR) is 59.3 cm³/mol. The van der Waals surface area contributed by atoms with Crippen molar-refractivity contribution in [3.05, 3.63) is 24.2 Å². The molecule has 1 saturated carbocycles. The number of rotatable bonds is 3. The van der Waals surface area contributed by atoms with Gasteiger partial charge in [-0.25, -0.2) is 0 Å². The number of hydrogen-bond donors (Lipinski definition) is 1. The van der Waals surface area contributed by atoms with E-state index in [1.165, 1.54) is 38.5 Å². The first-order valence-electron chi connectivity index (χ1n) is 5.63. The van der Waals surface area contributed by atoms with Crippen LogP contribution < -0.4 is 5.32 Å². The summed E-state index contributed by atoms with van der Waals surface area (Å²) in [4.78, 5) is 9.75. The third kappa shape index (κ3) is 5.94. The molecular weight excluding hydrogens is 190 g/mol. The van der Waals surface area contributed by atoms with Gasteiger partial charge in [0.1, 0.15) is 5.76 Å². The molecule has 1 amide bonds. The summed E-state index contributed by atoms with van der Waals surface area (Å²) in [5.41, 5.74) is 0. The zero-order chi connectivity index (χ0) is 10.8. The number of nitrogens with one attached hydrogen (secondary N) is 1. The van der Waals surface area contributed by atoms with E-state index in [0.29, 0.717) is 13.0 Å². The van der Waals surface area contributed by atoms with E-state index >= 15 is 0 Å². The summed E-state index contributed by atoms with van der Waals surface area (Å²) in [5.74, 6) is 0.766. The molecule has 1 fully saturated rings. The number of carbonyl (C=O) groups excluding carboxylic acids is 1. The van der Waals surface area contributed by atoms with E-state index in [1.807, 2.05) is 0 Å². The number of carbonyl (C=O) groups is 1. The van der Waals surface area contributed by atoms with Crippen LogP contribution in [0.25, 0.3) is 0 Å². The molecule has 0 atom stereocenters. The smallest absolute Gasteiger partial charge is 0.207 e. The van der Waals surface area contributed by atoms with E-state index in [9.17, 15) is 4.79 Å². The summed E-state index contributed by atoms with van der Waals surface area (Å²) in [6.45, 7) is 0.469. The van der Waals surface area contributed by atoms with Crippen LogP contribution in [0, 0.1) is 0 Å². The standard InChI is InChI=1S/C6H7NO2.C6H12/c8-5-7-4-6-2-1-3-9-6;1-2-4-6-5-3-1/h1-3,5H,4H2,(H,7,8);1-6H2. The molecule has 84 valence electrons. The van der Waals surface area contributed by atoms with Crippen molar-refractivity contribution in [1.29, 1.82) is 0 Å². The summed E-state index contributed by atoms with van der Waals surface area (Å²) in [6, 6.07) is 3.58. The molecular formula is C12H19NO2. The van der Waals surface area contributed by atoms with Crippen LogP contribution in [0.15, 0.2) is 22.8 Å². The third-order valence-corrected chi connectivity index (χ3v) is 2.44. The fourth-order valence-electron chi connectivity index (χ4n) is 1.62. The fraction of sp³-hybridized carbons (Fsp3) is 0.583. The Kier molecular flexibility index (Phi) is 6.38. The Hall–Kier alpha value is -1.25. The molecule has 15 heavy (non-hydrogen) atoms. The van der Waals surface area contributed by atoms with Crippen LogP contribution in [0.1, 0.15) is 44.3 Å². The Labute approximate surface area is 90.9 Å². The van der Waals surface area contributed by atoms with Crippen LogP contribution in [0.2, 0.25) is 0 Å². The molecule has 1 aliphatic rings. The van der Waals surface area contributed by atoms with Gasteiger partial charge in [-0.15, -0.1) is 0 Å². The van der Waals surface area contributed by atoms with Crippen molar-refractivity contribution in [2.75, 3.05) is 0 Å². The highest BCUT2D eigenvalue weighted by Gasteiger charge is 1.95. The van der Waals surface area contributed by atoms with Crippen molar-refractivity contribution in [3.63, 3.8) is 0 Å². The Balaban J connectivity index is 0.000000162. The van der Waals surface area contributed by atoms with Crippen molar-refractivity contribution in [2.45, 2.75) is 45.1 Å². The molecule has 1 N–H and O–H groups in total. The average molecular weight is 209 g/mol. The summed E-state index contributed by atoms with van der Waals surface area (Å²) in [7, 11) is 0. The zero-order valence-electron chi connectivity index (χ0n) is 9.08. The van der Waals surface area contributed by atoms with Gasteiger partial charge in [0.15, 0.2) is 0 Å². The first-order chi connectivity index (χ1) is 7.43. The minimum absolute atomic E-state index is 0.469. The monoisotopic (exact) mass is 209 g/mol. The van der Waals surface area contributed by atoms with Crippen molar-refractivity contribution >= 4 is 6.41 Å². The van der Waals surface area contributed by atoms with Gasteiger partial charge in [-0.1, -0.05) is 38.5 Å². The molecule has 0 aromatic carbocycles. The topological polar surface area (TPSA) is 42.2 Å². The van der Waals surface area contributed by atoms with Crippen molar-refractivity contribution in [1.82, 2.24) is 5.32 Å². The summed E-state index contributed by atoms with van der Waals surface area (Å²) in [5, 5.41) is 2.48. The highest BCUT2D eigenvalue weighted by Crippen LogP contribution is 2.15. The van der Waals surface area contributed by atoms with Crippen LogP contribution >= 0.6 is 0 Å². The summed E-state index contributed by atoms with van der Waals surface area (Å²) in [6.07, 6.45) is 11.2. The molecule has 3 nitrogen and oxygen atoms in total. The third-order valence-electron chi connectivity index (χ3n) is 2.44. The predicted octanol–water partition coefficient (Wildman–Crippen LogP) is 2.87. The molecule has 2 rings (SSSR count). The Morgan fingerprint density at radius 1 is 1.20 bits per heavy atom. The van der Waals surface area contributed by atoms with E-state index in [0.717, 1.165) is 5.76 Å². The molecule has 0 aliphatic heterocycles. The molecule has 0 unspecified atom stereocenters. The van der Waals surface area contributed by atoms with Gasteiger partial charge >= 0.3 is 0 Å². The Bertz CT molecular complexity index is 229. The van der Waals surface area contributed by atoms with Crippen molar-refractivity contribution < 1.29 is 9.21 Å². The van der Waals surface area contributed by atoms with Crippen molar-refractivity contribution in [3.8, 4) is 0 Å². The van der Waals surface area contributed by atoms with Crippen LogP contribution in [0.4, 0.5) is 0 Å². The molecule has 0 radical (unpaired) electrons. The summed E-state index contributed by atoms with van der Waals surface area (Å²) < 4.78 is 4.91. The lowest BCUT2D eigenvalue weighted by Gasteiger charge is -2.05. The minimum atomic E-state index is 0.469. The van der Waals surface area contributed by atoms with Gasteiger partial charge in [0.05, 0.1) is 12.8 Å². The van der Waals surface area contributed by atoms with Crippen LogP contribution in [0.3, 0.4) is 0 Å². The number of furan rings is 1. The van der Waals surface area contributed by atoms with Crippen LogP contribution in [-0.4, -0.2) is 6.41 Å². The molecule has 0 bridgehead atoms. The lowest BCUT2D eigenvalue weighted by molar-refractivity contribution is -0.109. The second kappa shape index (κ2) is 8.09. The van der Waals surface area contributed by atoms with Gasteiger partial charge in [-0.05, 0) is 12.1 Å². The van der Waals surface area contributed by atoms with E-state index in [4.69, 9.17) is 4.42 Å². The van der Waals surface area contributed by atoms with Gasteiger partial charge in [0, 0.05) is 0 Å². The van der Waals surface area contributed by atoms with Crippen LogP contribution in [0.5, 0.6) is 0 Å². The molecule has 0 saturated heterocycles. The molecule has 3 heteroatoms. The SMILES string of the molecule is C1CCCCC1.O=CNCc1ccco1. The highest BCUT2D eigenvalue weighted by molar-refractivity contribution is 5.45. The van der Waals surface area contributed by atoms with Gasteiger partial charge in [0.25, 0.3) is 0 Å². The lowest BCUT2D eigenvalue weighted by atomic mass is 10.0. The van der Waals surface area contributed by atoms with E-state index in [1.54, 1.807) is 18.4 Å². The van der Waals surface area contributed by atoms with Gasteiger partial charge < -0.3 is 9.73 Å². The molecule has 1 heterocycles. The van der Waals surface area contributed by atoms with E-state index < -0.39 is 0 Å². The Morgan fingerprint density at radius 2 is 1.80 bits per heavy atom. The van der Waals surface area contributed by atoms with Crippen molar-refractivity contribution in [2.24, 2.45) is 0 Å². The quantitative estimate of drug-likeness (QED) is 0.778. The number of amides is 1. The minimum Gasteiger partial charge on any atom is -0.467 e. The van der Waals surface area contributed by atoms with Gasteiger partial charge in [-0.2, -0.15) is 0 Å². The second-order valence-corrected chi connectivity index (χ2v) is 3.70. The second-order valence-electron chi connectivity index (χ2n) is 3.70. The maximum Gasteiger partial charge on any atom is 0.207 e. The molecule has 1 aromatic heterocycles. The Morgan fingerprint density at radius 3 is 2.20 bits per heavy atom. The first kappa shape index (κ1) is 11.8. The zero-order valence-corrected chi connectivity index (χ0v) is 9.08. The molecule has 0 spiro atoms. The van der Waals surface area contributed by atoms with Gasteiger partial charge in [-0.3, -0.25) is 4.79 Å². The number of hydrogen-bond acceptors (Lipinski definition) is 2. The van der Waals surface area contributed by atoms with Crippen LogP contribution in [-0.2, 0) is 11.3 Å². The lowest BCUT2D eigenvalue weighted by Crippen LogP contribution is -2.08. The first-order valence-corrected chi connectivity index (χ1v) is 5.63. The summed E-state index contributed by atoms with van der Waals surface area (Å²) >= 11 is 0. The fourth-order valence-corrected chi connectivity index (χ4v) is 1.62. The van der Waals surface area contributed by atoms with E-state index in [2.05, 4.69) is 5.32 Å². The average Bonchev–Trinajstić information content (AvgIpc) is 2.82. The maximum atomic E-state index is 9.75.